The number of rotatable bonds is 2. The lowest BCUT2D eigenvalue weighted by Gasteiger charge is -1.97. The number of carbonyl (C=O) groups is 2. The maximum Gasteiger partial charge on any atom is 0.354 e. The number of hydrogen-bond acceptors (Lipinski definition) is 4. The van der Waals surface area contributed by atoms with Gasteiger partial charge in [0.25, 0.3) is 0 Å². The highest BCUT2D eigenvalue weighted by atomic mass is 16.4. The van der Waals surface area contributed by atoms with E-state index < -0.39 is 23.5 Å². The molecule has 0 amide bonds. The quantitative estimate of drug-likeness (QED) is 0.603. The van der Waals surface area contributed by atoms with Gasteiger partial charge < -0.3 is 15.3 Å². The number of aromatic nitrogens is 1. The molecule has 1 heterocycles. The predicted molar refractivity (Wildman–Crippen MR) is 39.8 cm³/mol. The lowest BCUT2D eigenvalue weighted by molar-refractivity contribution is 0.0689. The summed E-state index contributed by atoms with van der Waals surface area (Å²) >= 11 is 0. The van der Waals surface area contributed by atoms with Crippen molar-refractivity contribution in [2.24, 2.45) is 0 Å². The van der Waals surface area contributed by atoms with E-state index in [1.807, 2.05) is 0 Å². The Labute approximate surface area is 72.1 Å². The van der Waals surface area contributed by atoms with Crippen molar-refractivity contribution >= 4 is 11.9 Å². The second-order valence-corrected chi connectivity index (χ2v) is 2.21. The molecule has 1 aromatic rings. The molecular weight excluding hydrogens is 178 g/mol. The number of aromatic hydroxyl groups is 1. The summed E-state index contributed by atoms with van der Waals surface area (Å²) < 4.78 is 0. The first kappa shape index (κ1) is 8.98. The lowest BCUT2D eigenvalue weighted by atomic mass is 10.2. The summed E-state index contributed by atoms with van der Waals surface area (Å²) in [5.41, 5.74) is -0.817. The van der Waals surface area contributed by atoms with Crippen LogP contribution in [0.15, 0.2) is 12.1 Å². The number of pyridine rings is 1. The van der Waals surface area contributed by atoms with Gasteiger partial charge in [0.15, 0.2) is 5.69 Å². The first-order valence-corrected chi connectivity index (χ1v) is 3.18. The first-order valence-electron chi connectivity index (χ1n) is 3.18. The molecule has 3 N–H and O–H groups in total. The Balaban J connectivity index is 3.26. The van der Waals surface area contributed by atoms with Crippen molar-refractivity contribution in [1.29, 1.82) is 0 Å². The van der Waals surface area contributed by atoms with E-state index >= 15 is 0 Å². The fraction of sp³-hybridized carbons (Fsp3) is 0. The molecule has 0 saturated carbocycles. The minimum absolute atomic E-state index is 0.315. The topological polar surface area (TPSA) is 108 Å². The Hall–Kier alpha value is -2.11. The van der Waals surface area contributed by atoms with Crippen LogP contribution in [0.3, 0.4) is 0 Å². The van der Waals surface area contributed by atoms with Crippen LogP contribution in [0.5, 0.6) is 5.88 Å². The summed E-state index contributed by atoms with van der Waals surface area (Å²) in [5, 5.41) is 25.8. The van der Waals surface area contributed by atoms with Gasteiger partial charge in [0.05, 0.1) is 5.56 Å². The molecule has 13 heavy (non-hydrogen) atoms. The molecule has 0 spiro atoms. The van der Waals surface area contributed by atoms with Crippen molar-refractivity contribution in [2.45, 2.75) is 0 Å². The number of aromatic carboxylic acids is 2. The van der Waals surface area contributed by atoms with Gasteiger partial charge in [0, 0.05) is 6.07 Å². The molecular formula is C7H5NO5. The summed E-state index contributed by atoms with van der Waals surface area (Å²) in [4.78, 5) is 24.0. The van der Waals surface area contributed by atoms with Crippen molar-refractivity contribution in [3.8, 4) is 5.88 Å². The van der Waals surface area contributed by atoms with Crippen molar-refractivity contribution in [3.05, 3.63) is 23.4 Å². The standard InChI is InChI=1S/C7H5NO5/c9-5-2-3(6(10)11)1-4(8-5)7(12)13/h1-2H,(H,8,9)(H,10,11)(H,12,13). The van der Waals surface area contributed by atoms with Crippen LogP contribution < -0.4 is 0 Å². The summed E-state index contributed by atoms with van der Waals surface area (Å²) in [6, 6.07) is 1.74. The zero-order chi connectivity index (χ0) is 10.0. The molecule has 0 radical (unpaired) electrons. The van der Waals surface area contributed by atoms with Crippen LogP contribution in [-0.2, 0) is 0 Å². The third-order valence-electron chi connectivity index (χ3n) is 1.28. The Kier molecular flexibility index (Phi) is 2.14. The highest BCUT2D eigenvalue weighted by Crippen LogP contribution is 2.10. The minimum Gasteiger partial charge on any atom is -0.493 e. The van der Waals surface area contributed by atoms with Gasteiger partial charge >= 0.3 is 11.9 Å². The van der Waals surface area contributed by atoms with Crippen LogP contribution in [0.1, 0.15) is 20.8 Å². The summed E-state index contributed by atoms with van der Waals surface area (Å²) in [7, 11) is 0. The number of carboxylic acid groups (broad SMARTS) is 2. The Morgan fingerprint density at radius 1 is 1.15 bits per heavy atom. The van der Waals surface area contributed by atoms with E-state index in [1.165, 1.54) is 0 Å². The molecule has 1 aromatic heterocycles. The molecule has 6 heteroatoms. The van der Waals surface area contributed by atoms with Gasteiger partial charge in [-0.15, -0.1) is 0 Å². The second kappa shape index (κ2) is 3.10. The summed E-state index contributed by atoms with van der Waals surface area (Å²) in [6.07, 6.45) is 0. The van der Waals surface area contributed by atoms with E-state index in [2.05, 4.69) is 4.98 Å². The highest BCUT2D eigenvalue weighted by molar-refractivity contribution is 5.92. The fourth-order valence-electron chi connectivity index (χ4n) is 0.749. The van der Waals surface area contributed by atoms with E-state index in [0.29, 0.717) is 0 Å². The van der Waals surface area contributed by atoms with Gasteiger partial charge in [-0.1, -0.05) is 0 Å². The molecule has 0 aliphatic rings. The molecule has 0 aliphatic carbocycles. The summed E-state index contributed by atoms with van der Waals surface area (Å²) in [5.74, 6) is -3.34. The van der Waals surface area contributed by atoms with Gasteiger partial charge in [-0.3, -0.25) is 0 Å². The zero-order valence-corrected chi connectivity index (χ0v) is 6.26. The van der Waals surface area contributed by atoms with Gasteiger partial charge in [-0.25, -0.2) is 14.6 Å². The average Bonchev–Trinajstić information content (AvgIpc) is 2.03. The first-order chi connectivity index (χ1) is 6.00. The minimum atomic E-state index is -1.39. The van der Waals surface area contributed by atoms with E-state index in [4.69, 9.17) is 15.3 Å². The second-order valence-electron chi connectivity index (χ2n) is 2.21. The highest BCUT2D eigenvalue weighted by Gasteiger charge is 2.11. The van der Waals surface area contributed by atoms with E-state index in [1.54, 1.807) is 0 Å². The third-order valence-corrected chi connectivity index (χ3v) is 1.28. The van der Waals surface area contributed by atoms with Crippen LogP contribution in [-0.4, -0.2) is 32.2 Å². The lowest BCUT2D eigenvalue weighted by Crippen LogP contribution is -2.04. The van der Waals surface area contributed by atoms with Crippen LogP contribution in [0.4, 0.5) is 0 Å². The predicted octanol–water partition coefficient (Wildman–Crippen LogP) is 0.184. The van der Waals surface area contributed by atoms with Crippen LogP contribution in [0.25, 0.3) is 0 Å². The average molecular weight is 183 g/mol. The molecule has 0 fully saturated rings. The maximum atomic E-state index is 10.4. The largest absolute Gasteiger partial charge is 0.493 e. The van der Waals surface area contributed by atoms with Crippen LogP contribution >= 0.6 is 0 Å². The molecule has 0 aliphatic heterocycles. The monoisotopic (exact) mass is 183 g/mol. The number of hydrogen-bond donors (Lipinski definition) is 3. The van der Waals surface area contributed by atoms with Crippen molar-refractivity contribution in [1.82, 2.24) is 4.98 Å². The van der Waals surface area contributed by atoms with Crippen molar-refractivity contribution < 1.29 is 24.9 Å². The van der Waals surface area contributed by atoms with Gasteiger partial charge in [-0.05, 0) is 6.07 Å². The zero-order valence-electron chi connectivity index (χ0n) is 6.26. The molecule has 0 saturated heterocycles. The SMILES string of the molecule is O=C(O)c1cc(O)nc(C(=O)O)c1. The van der Waals surface area contributed by atoms with E-state index in [9.17, 15) is 9.59 Å². The van der Waals surface area contributed by atoms with Crippen molar-refractivity contribution in [2.75, 3.05) is 0 Å². The molecule has 1 rings (SSSR count). The van der Waals surface area contributed by atoms with Crippen LogP contribution in [0, 0.1) is 0 Å². The fourth-order valence-corrected chi connectivity index (χ4v) is 0.749. The molecule has 0 aromatic carbocycles. The Morgan fingerprint density at radius 2 is 1.77 bits per heavy atom. The van der Waals surface area contributed by atoms with Crippen LogP contribution in [0.2, 0.25) is 0 Å². The van der Waals surface area contributed by atoms with Gasteiger partial charge in [0.2, 0.25) is 5.88 Å². The molecule has 68 valence electrons. The third kappa shape index (κ3) is 1.92. The summed E-state index contributed by atoms with van der Waals surface area (Å²) in [6.45, 7) is 0. The van der Waals surface area contributed by atoms with Gasteiger partial charge in [-0.2, -0.15) is 0 Å². The van der Waals surface area contributed by atoms with Gasteiger partial charge in [0.1, 0.15) is 0 Å². The smallest absolute Gasteiger partial charge is 0.354 e. The molecule has 0 bridgehead atoms. The maximum absolute atomic E-state index is 10.4. The van der Waals surface area contributed by atoms with Crippen molar-refractivity contribution in [3.63, 3.8) is 0 Å². The molecule has 0 atom stereocenters. The molecule has 6 nitrogen and oxygen atoms in total. The number of nitrogens with zero attached hydrogens (tertiary/aromatic N) is 1. The van der Waals surface area contributed by atoms with E-state index in [-0.39, 0.29) is 5.56 Å². The number of carboxylic acids is 2. The Bertz CT molecular complexity index is 341. The normalized spacial score (nSPS) is 9.54. The van der Waals surface area contributed by atoms with E-state index in [0.717, 1.165) is 12.1 Å². The Morgan fingerprint density at radius 3 is 2.23 bits per heavy atom. The molecule has 0 unspecified atom stereocenters.